The van der Waals surface area contributed by atoms with E-state index < -0.39 is 0 Å². The molecule has 6 heteroatoms. The van der Waals surface area contributed by atoms with Gasteiger partial charge in [0.05, 0.1) is 12.0 Å². The van der Waals surface area contributed by atoms with Crippen molar-refractivity contribution in [2.45, 2.75) is 40.0 Å². The number of fused-ring (bicyclic) bond motifs is 2. The van der Waals surface area contributed by atoms with Crippen molar-refractivity contribution in [1.82, 2.24) is 4.90 Å². The van der Waals surface area contributed by atoms with Crippen LogP contribution in [0.4, 0.5) is 0 Å². The van der Waals surface area contributed by atoms with E-state index in [-0.39, 0.29) is 36.8 Å². The second-order valence-corrected chi connectivity index (χ2v) is 6.59. The van der Waals surface area contributed by atoms with E-state index >= 15 is 0 Å². The molecule has 150 valence electrons. The molecule has 0 aliphatic carbocycles. The molecule has 5 nitrogen and oxygen atoms in total. The summed E-state index contributed by atoms with van der Waals surface area (Å²) in [6, 6.07) is 12.7. The van der Waals surface area contributed by atoms with Crippen LogP contribution in [0.25, 0.3) is 0 Å². The number of hydrogen-bond acceptors (Lipinski definition) is 5. The van der Waals surface area contributed by atoms with E-state index in [2.05, 4.69) is 4.90 Å². The maximum absolute atomic E-state index is 12.8. The Hall–Kier alpha value is -2.37. The Labute approximate surface area is 172 Å². The number of hydrogen-bond donors (Lipinski definition) is 0. The number of nitrogens with zero attached hydrogens (tertiary/aromatic N) is 1. The minimum atomic E-state index is -0.294. The van der Waals surface area contributed by atoms with Crippen LogP contribution in [0.5, 0.6) is 5.75 Å². The molecule has 0 bridgehead atoms. The second-order valence-electron chi connectivity index (χ2n) is 6.59. The summed E-state index contributed by atoms with van der Waals surface area (Å²) in [7, 11) is 0. The Morgan fingerprint density at radius 3 is 2.57 bits per heavy atom. The van der Waals surface area contributed by atoms with Crippen molar-refractivity contribution in [2.75, 3.05) is 13.1 Å². The van der Waals surface area contributed by atoms with Crippen molar-refractivity contribution >= 4 is 24.2 Å². The quantitative estimate of drug-likeness (QED) is 0.539. The number of esters is 1. The third-order valence-electron chi connectivity index (χ3n) is 4.91. The zero-order valence-corrected chi connectivity index (χ0v) is 17.3. The van der Waals surface area contributed by atoms with Crippen LogP contribution in [-0.2, 0) is 22.6 Å². The summed E-state index contributed by atoms with van der Waals surface area (Å²) in [4.78, 5) is 27.1. The van der Waals surface area contributed by atoms with E-state index in [1.165, 1.54) is 0 Å². The van der Waals surface area contributed by atoms with E-state index in [1.807, 2.05) is 45.0 Å². The van der Waals surface area contributed by atoms with Crippen LogP contribution in [0.15, 0.2) is 42.5 Å². The predicted octanol–water partition coefficient (Wildman–Crippen LogP) is 4.01. The molecule has 0 fully saturated rings. The predicted molar refractivity (Wildman–Crippen MR) is 110 cm³/mol. The SMILES string of the molecule is CCN(CC)C(C)OC(=O)Cc1ccc2c(c1)OCc1ccccc1C2=O.Cl. The fourth-order valence-electron chi connectivity index (χ4n) is 3.36. The van der Waals surface area contributed by atoms with E-state index in [9.17, 15) is 9.59 Å². The molecule has 28 heavy (non-hydrogen) atoms. The Bertz CT molecular complexity index is 848. The standard InChI is InChI=1S/C22H25NO4.ClH/c1-4-23(5-2)15(3)27-21(24)13-16-10-11-19-20(12-16)26-14-17-8-6-7-9-18(17)22(19)25;/h6-12,15H,4-5,13-14H2,1-3H3;1H. The van der Waals surface area contributed by atoms with Gasteiger partial charge in [-0.25, -0.2) is 0 Å². The van der Waals surface area contributed by atoms with Crippen molar-refractivity contribution in [3.8, 4) is 5.75 Å². The number of carbonyl (C=O) groups is 2. The smallest absolute Gasteiger partial charge is 0.311 e. The minimum absolute atomic E-state index is 0. The van der Waals surface area contributed by atoms with Crippen LogP contribution in [0.3, 0.4) is 0 Å². The molecule has 3 rings (SSSR count). The first-order valence-corrected chi connectivity index (χ1v) is 9.35. The molecule has 2 aromatic carbocycles. The van der Waals surface area contributed by atoms with E-state index in [4.69, 9.17) is 9.47 Å². The monoisotopic (exact) mass is 403 g/mol. The summed E-state index contributed by atoms with van der Waals surface area (Å²) in [5, 5.41) is 0. The highest BCUT2D eigenvalue weighted by atomic mass is 35.5. The first kappa shape index (κ1) is 21.9. The largest absolute Gasteiger partial charge is 0.488 e. The van der Waals surface area contributed by atoms with Crippen molar-refractivity contribution in [2.24, 2.45) is 0 Å². The molecule has 0 N–H and O–H groups in total. The average molecular weight is 404 g/mol. The third-order valence-corrected chi connectivity index (χ3v) is 4.91. The van der Waals surface area contributed by atoms with Crippen LogP contribution in [-0.4, -0.2) is 36.0 Å². The lowest BCUT2D eigenvalue weighted by atomic mass is 9.98. The molecule has 1 aliphatic rings. The number of ketones is 1. The zero-order valence-electron chi connectivity index (χ0n) is 16.4. The number of ether oxygens (including phenoxy) is 2. The molecule has 1 aliphatic heterocycles. The number of rotatable bonds is 6. The van der Waals surface area contributed by atoms with Gasteiger partial charge in [-0.2, -0.15) is 0 Å². The molecule has 1 heterocycles. The Morgan fingerprint density at radius 2 is 1.86 bits per heavy atom. The van der Waals surface area contributed by atoms with Gasteiger partial charge in [0.2, 0.25) is 0 Å². The summed E-state index contributed by atoms with van der Waals surface area (Å²) in [6.45, 7) is 7.92. The van der Waals surface area contributed by atoms with Gasteiger partial charge < -0.3 is 9.47 Å². The summed E-state index contributed by atoms with van der Waals surface area (Å²) < 4.78 is 11.4. The van der Waals surface area contributed by atoms with Crippen LogP contribution in [0.2, 0.25) is 0 Å². The highest BCUT2D eigenvalue weighted by Gasteiger charge is 2.23. The lowest BCUT2D eigenvalue weighted by Crippen LogP contribution is -2.36. The average Bonchev–Trinajstić information content (AvgIpc) is 2.80. The number of benzene rings is 2. The van der Waals surface area contributed by atoms with Gasteiger partial charge >= 0.3 is 5.97 Å². The topological polar surface area (TPSA) is 55.8 Å². The van der Waals surface area contributed by atoms with Crippen LogP contribution >= 0.6 is 12.4 Å². The molecular weight excluding hydrogens is 378 g/mol. The van der Waals surface area contributed by atoms with Gasteiger partial charge in [-0.1, -0.05) is 44.2 Å². The Morgan fingerprint density at radius 1 is 1.14 bits per heavy atom. The van der Waals surface area contributed by atoms with Crippen LogP contribution in [0, 0.1) is 0 Å². The molecular formula is C22H26ClNO4. The second kappa shape index (κ2) is 9.71. The van der Waals surface area contributed by atoms with Crippen LogP contribution in [0.1, 0.15) is 47.8 Å². The zero-order chi connectivity index (χ0) is 19.4. The molecule has 1 atom stereocenters. The van der Waals surface area contributed by atoms with Gasteiger partial charge in [-0.05, 0) is 37.7 Å². The molecule has 0 aromatic heterocycles. The molecule has 0 radical (unpaired) electrons. The summed E-state index contributed by atoms with van der Waals surface area (Å²) in [6.07, 6.45) is -0.121. The third kappa shape index (κ3) is 4.72. The van der Waals surface area contributed by atoms with Gasteiger partial charge in [0.25, 0.3) is 0 Å². The van der Waals surface area contributed by atoms with E-state index in [0.29, 0.717) is 23.5 Å². The van der Waals surface area contributed by atoms with Gasteiger partial charge in [-0.15, -0.1) is 12.4 Å². The molecule has 0 amide bonds. The molecule has 0 saturated carbocycles. The summed E-state index contributed by atoms with van der Waals surface area (Å²) in [5.41, 5.74) is 2.82. The van der Waals surface area contributed by atoms with Crippen LogP contribution < -0.4 is 4.74 Å². The highest BCUT2D eigenvalue weighted by molar-refractivity contribution is 6.12. The van der Waals surface area contributed by atoms with Gasteiger partial charge in [-0.3, -0.25) is 14.5 Å². The van der Waals surface area contributed by atoms with Crippen molar-refractivity contribution < 1.29 is 19.1 Å². The van der Waals surface area contributed by atoms with E-state index in [0.717, 1.165) is 24.2 Å². The fraction of sp³-hybridized carbons (Fsp3) is 0.364. The number of halogens is 1. The van der Waals surface area contributed by atoms with Crippen molar-refractivity contribution in [3.05, 3.63) is 64.7 Å². The molecule has 0 saturated heterocycles. The summed E-state index contributed by atoms with van der Waals surface area (Å²) in [5.74, 6) is 0.165. The summed E-state index contributed by atoms with van der Waals surface area (Å²) >= 11 is 0. The lowest BCUT2D eigenvalue weighted by Gasteiger charge is -2.25. The first-order chi connectivity index (χ1) is 13.0. The van der Waals surface area contributed by atoms with E-state index in [1.54, 1.807) is 18.2 Å². The van der Waals surface area contributed by atoms with Crippen molar-refractivity contribution in [3.63, 3.8) is 0 Å². The van der Waals surface area contributed by atoms with Crippen molar-refractivity contribution in [1.29, 1.82) is 0 Å². The first-order valence-electron chi connectivity index (χ1n) is 9.35. The minimum Gasteiger partial charge on any atom is -0.488 e. The maximum atomic E-state index is 12.8. The Balaban J connectivity index is 0.00000280. The highest BCUT2D eigenvalue weighted by Crippen LogP contribution is 2.29. The molecule has 2 aromatic rings. The van der Waals surface area contributed by atoms with Gasteiger partial charge in [0, 0.05) is 11.1 Å². The maximum Gasteiger partial charge on any atom is 0.311 e. The number of carbonyl (C=O) groups excluding carboxylic acids is 2. The van der Waals surface area contributed by atoms with Gasteiger partial charge in [0.15, 0.2) is 12.0 Å². The molecule has 0 spiro atoms. The van der Waals surface area contributed by atoms with Gasteiger partial charge in [0.1, 0.15) is 12.4 Å². The lowest BCUT2D eigenvalue weighted by molar-refractivity contribution is -0.156. The Kier molecular flexibility index (Phi) is 7.61. The fourth-order valence-corrected chi connectivity index (χ4v) is 3.36. The normalized spacial score (nSPS) is 13.5. The molecule has 1 unspecified atom stereocenters.